The SMILES string of the molecule is CCC(Nc1cccc(Br)c1C(=O)O)c1cccs1. The molecule has 0 bridgehead atoms. The Kier molecular flexibility index (Phi) is 4.61. The molecule has 2 rings (SSSR count). The summed E-state index contributed by atoms with van der Waals surface area (Å²) in [5.74, 6) is -0.934. The summed E-state index contributed by atoms with van der Waals surface area (Å²) in [6.07, 6.45) is 0.895. The number of aromatic carboxylic acids is 1. The quantitative estimate of drug-likeness (QED) is 0.824. The Morgan fingerprint density at radius 3 is 2.79 bits per heavy atom. The van der Waals surface area contributed by atoms with E-state index in [1.165, 1.54) is 4.88 Å². The van der Waals surface area contributed by atoms with Crippen molar-refractivity contribution in [1.29, 1.82) is 0 Å². The van der Waals surface area contributed by atoms with Crippen LogP contribution < -0.4 is 5.32 Å². The Balaban J connectivity index is 2.32. The average molecular weight is 340 g/mol. The van der Waals surface area contributed by atoms with Crippen molar-refractivity contribution in [3.8, 4) is 0 Å². The van der Waals surface area contributed by atoms with E-state index in [1.807, 2.05) is 17.5 Å². The Hall–Kier alpha value is -1.33. The first kappa shape index (κ1) is 14.1. The Bertz CT molecular complexity index is 569. The molecule has 0 fully saturated rings. The van der Waals surface area contributed by atoms with Crippen LogP contribution in [0.2, 0.25) is 0 Å². The zero-order valence-electron chi connectivity index (χ0n) is 10.4. The van der Waals surface area contributed by atoms with E-state index in [0.717, 1.165) is 6.42 Å². The van der Waals surface area contributed by atoms with Crippen molar-refractivity contribution < 1.29 is 9.90 Å². The molecule has 1 aromatic heterocycles. The molecule has 19 heavy (non-hydrogen) atoms. The number of nitrogens with one attached hydrogen (secondary N) is 1. The molecular formula is C14H14BrNO2S. The van der Waals surface area contributed by atoms with Gasteiger partial charge in [-0.25, -0.2) is 4.79 Å². The second-order valence-electron chi connectivity index (χ2n) is 4.09. The third-order valence-corrected chi connectivity index (χ3v) is 4.50. The maximum Gasteiger partial charge on any atom is 0.338 e. The molecule has 1 atom stereocenters. The molecule has 0 aliphatic rings. The molecule has 0 aliphatic heterocycles. The summed E-state index contributed by atoms with van der Waals surface area (Å²) in [5.41, 5.74) is 0.916. The molecule has 1 unspecified atom stereocenters. The van der Waals surface area contributed by atoms with Crippen LogP contribution in [0.4, 0.5) is 5.69 Å². The zero-order valence-corrected chi connectivity index (χ0v) is 12.8. The molecule has 0 spiro atoms. The van der Waals surface area contributed by atoms with Crippen LogP contribution in [0.15, 0.2) is 40.2 Å². The topological polar surface area (TPSA) is 49.3 Å². The van der Waals surface area contributed by atoms with E-state index < -0.39 is 5.97 Å². The van der Waals surface area contributed by atoms with Gasteiger partial charge < -0.3 is 10.4 Å². The van der Waals surface area contributed by atoms with E-state index in [1.54, 1.807) is 23.5 Å². The van der Waals surface area contributed by atoms with Crippen LogP contribution in [0.25, 0.3) is 0 Å². The molecule has 1 aromatic carbocycles. The van der Waals surface area contributed by atoms with Gasteiger partial charge in [-0.05, 0) is 45.9 Å². The van der Waals surface area contributed by atoms with Gasteiger partial charge in [-0.15, -0.1) is 11.3 Å². The fourth-order valence-electron chi connectivity index (χ4n) is 1.91. The smallest absolute Gasteiger partial charge is 0.338 e. The maximum atomic E-state index is 11.3. The second-order valence-corrected chi connectivity index (χ2v) is 5.92. The average Bonchev–Trinajstić information content (AvgIpc) is 2.89. The fourth-order valence-corrected chi connectivity index (χ4v) is 3.31. The fraction of sp³-hybridized carbons (Fsp3) is 0.214. The summed E-state index contributed by atoms with van der Waals surface area (Å²) in [5, 5.41) is 14.6. The number of hydrogen-bond acceptors (Lipinski definition) is 3. The number of anilines is 1. The van der Waals surface area contributed by atoms with E-state index in [4.69, 9.17) is 0 Å². The lowest BCUT2D eigenvalue weighted by molar-refractivity contribution is 0.0697. The summed E-state index contributed by atoms with van der Waals surface area (Å²) >= 11 is 4.96. The first-order valence-corrected chi connectivity index (χ1v) is 7.62. The van der Waals surface area contributed by atoms with E-state index in [-0.39, 0.29) is 11.6 Å². The molecule has 0 saturated heterocycles. The minimum absolute atomic E-state index is 0.132. The molecule has 0 radical (unpaired) electrons. The van der Waals surface area contributed by atoms with Crippen LogP contribution in [0.5, 0.6) is 0 Å². The Morgan fingerprint density at radius 1 is 1.42 bits per heavy atom. The zero-order chi connectivity index (χ0) is 13.8. The summed E-state index contributed by atoms with van der Waals surface area (Å²) in [4.78, 5) is 12.5. The molecule has 0 amide bonds. The lowest BCUT2D eigenvalue weighted by Gasteiger charge is -2.19. The Labute approximate surface area is 124 Å². The second kappa shape index (κ2) is 6.21. The van der Waals surface area contributed by atoms with Gasteiger partial charge >= 0.3 is 5.97 Å². The van der Waals surface area contributed by atoms with Gasteiger partial charge in [-0.3, -0.25) is 0 Å². The predicted molar refractivity (Wildman–Crippen MR) is 82.1 cm³/mol. The summed E-state index contributed by atoms with van der Waals surface area (Å²) in [7, 11) is 0. The highest BCUT2D eigenvalue weighted by molar-refractivity contribution is 9.10. The van der Waals surface area contributed by atoms with Crippen molar-refractivity contribution in [1.82, 2.24) is 0 Å². The van der Waals surface area contributed by atoms with E-state index >= 15 is 0 Å². The largest absolute Gasteiger partial charge is 0.478 e. The highest BCUT2D eigenvalue weighted by atomic mass is 79.9. The summed E-state index contributed by atoms with van der Waals surface area (Å²) in [6, 6.07) is 9.56. The van der Waals surface area contributed by atoms with E-state index in [2.05, 4.69) is 34.2 Å². The van der Waals surface area contributed by atoms with Crippen molar-refractivity contribution in [2.45, 2.75) is 19.4 Å². The predicted octanol–water partition coefficient (Wildman–Crippen LogP) is 4.77. The number of carbonyl (C=O) groups is 1. The third-order valence-electron chi connectivity index (χ3n) is 2.85. The summed E-state index contributed by atoms with van der Waals surface area (Å²) < 4.78 is 0.589. The van der Waals surface area contributed by atoms with Crippen molar-refractivity contribution >= 4 is 38.9 Å². The van der Waals surface area contributed by atoms with Crippen LogP contribution in [0.1, 0.15) is 34.6 Å². The van der Waals surface area contributed by atoms with Gasteiger partial charge in [-0.2, -0.15) is 0 Å². The lowest BCUT2D eigenvalue weighted by Crippen LogP contribution is -2.12. The van der Waals surface area contributed by atoms with Crippen molar-refractivity contribution in [3.05, 3.63) is 50.6 Å². The molecule has 0 saturated carbocycles. The number of carboxylic acids is 1. The first-order chi connectivity index (χ1) is 9.13. The van der Waals surface area contributed by atoms with Crippen LogP contribution in [0, 0.1) is 0 Å². The number of carboxylic acid groups (broad SMARTS) is 1. The van der Waals surface area contributed by atoms with E-state index in [0.29, 0.717) is 10.2 Å². The van der Waals surface area contributed by atoms with Crippen LogP contribution >= 0.6 is 27.3 Å². The first-order valence-electron chi connectivity index (χ1n) is 5.95. The third kappa shape index (κ3) is 3.16. The van der Waals surface area contributed by atoms with Crippen LogP contribution in [0.3, 0.4) is 0 Å². The maximum absolute atomic E-state index is 11.3. The molecule has 2 aromatic rings. The molecule has 2 N–H and O–H groups in total. The molecule has 0 aliphatic carbocycles. The van der Waals surface area contributed by atoms with Crippen LogP contribution in [-0.4, -0.2) is 11.1 Å². The van der Waals surface area contributed by atoms with Gasteiger partial charge in [0.15, 0.2) is 0 Å². The van der Waals surface area contributed by atoms with Gasteiger partial charge in [-0.1, -0.05) is 19.1 Å². The van der Waals surface area contributed by atoms with Gasteiger partial charge in [0.1, 0.15) is 0 Å². The summed E-state index contributed by atoms with van der Waals surface area (Å²) in [6.45, 7) is 2.08. The molecule has 5 heteroatoms. The minimum atomic E-state index is -0.934. The van der Waals surface area contributed by atoms with Crippen LogP contribution in [-0.2, 0) is 0 Å². The molecule has 3 nitrogen and oxygen atoms in total. The normalized spacial score (nSPS) is 12.1. The number of hydrogen-bond donors (Lipinski definition) is 2. The Morgan fingerprint density at radius 2 is 2.21 bits per heavy atom. The van der Waals surface area contributed by atoms with Crippen molar-refractivity contribution in [2.75, 3.05) is 5.32 Å². The lowest BCUT2D eigenvalue weighted by atomic mass is 10.1. The highest BCUT2D eigenvalue weighted by Gasteiger charge is 2.17. The van der Waals surface area contributed by atoms with Gasteiger partial charge in [0.2, 0.25) is 0 Å². The van der Waals surface area contributed by atoms with E-state index in [9.17, 15) is 9.90 Å². The van der Waals surface area contributed by atoms with Crippen molar-refractivity contribution in [3.63, 3.8) is 0 Å². The van der Waals surface area contributed by atoms with Gasteiger partial charge in [0.05, 0.1) is 17.3 Å². The number of halogens is 1. The number of benzene rings is 1. The molecular weight excluding hydrogens is 326 g/mol. The highest BCUT2D eigenvalue weighted by Crippen LogP contribution is 2.30. The standard InChI is InChI=1S/C14H14BrNO2S/c1-2-10(12-7-4-8-19-12)16-11-6-3-5-9(15)13(11)14(17)18/h3-8,10,16H,2H2,1H3,(H,17,18). The minimum Gasteiger partial charge on any atom is -0.478 e. The molecule has 100 valence electrons. The monoisotopic (exact) mass is 339 g/mol. The number of thiophene rings is 1. The van der Waals surface area contributed by atoms with Gasteiger partial charge in [0.25, 0.3) is 0 Å². The van der Waals surface area contributed by atoms with Gasteiger partial charge in [0, 0.05) is 9.35 Å². The molecule has 1 heterocycles. The number of rotatable bonds is 5. The van der Waals surface area contributed by atoms with Crippen molar-refractivity contribution in [2.24, 2.45) is 0 Å².